The minimum atomic E-state index is 0.0265. The molecule has 0 aromatic rings. The lowest BCUT2D eigenvalue weighted by Gasteiger charge is -2.27. The number of carbonyl (C=O) groups excluding carboxylic acids is 3. The van der Waals surface area contributed by atoms with Crippen LogP contribution in [0.2, 0.25) is 0 Å². The largest absolute Gasteiger partial charge is 0.356 e. The third kappa shape index (κ3) is 9.04. The Hall–Kier alpha value is -1.39. The zero-order chi connectivity index (χ0) is 17.9. The monoisotopic (exact) mass is 338 g/mol. The number of carbonyl (C=O) groups is 3. The first-order valence-electron chi connectivity index (χ1n) is 9.42. The fourth-order valence-electron chi connectivity index (χ4n) is 3.12. The Bertz CT molecular complexity index is 413. The highest BCUT2D eigenvalue weighted by molar-refractivity contribution is 5.79. The minimum absolute atomic E-state index is 0.0265. The van der Waals surface area contributed by atoms with E-state index in [1.54, 1.807) is 6.92 Å². The first-order chi connectivity index (χ1) is 11.4. The molecule has 0 aromatic carbocycles. The highest BCUT2D eigenvalue weighted by Gasteiger charge is 2.24. The van der Waals surface area contributed by atoms with E-state index in [2.05, 4.69) is 24.5 Å². The zero-order valence-corrected chi connectivity index (χ0v) is 15.5. The Labute approximate surface area is 146 Å². The van der Waals surface area contributed by atoms with Gasteiger partial charge in [-0.05, 0) is 57.3 Å². The number of hydrogen-bond donors (Lipinski definition) is 2. The van der Waals surface area contributed by atoms with Crippen LogP contribution in [0.1, 0.15) is 72.1 Å². The average molecular weight is 338 g/mol. The molecule has 0 aromatic heterocycles. The maximum absolute atomic E-state index is 11.8. The van der Waals surface area contributed by atoms with E-state index in [4.69, 9.17) is 0 Å². The van der Waals surface area contributed by atoms with Crippen LogP contribution >= 0.6 is 0 Å². The molecule has 138 valence electrons. The molecule has 0 radical (unpaired) electrons. The van der Waals surface area contributed by atoms with Crippen molar-refractivity contribution in [3.8, 4) is 0 Å². The molecule has 0 unspecified atom stereocenters. The fraction of sp³-hybridized carbons (Fsp3) is 0.842. The maximum atomic E-state index is 11.8. The van der Waals surface area contributed by atoms with Crippen molar-refractivity contribution in [3.63, 3.8) is 0 Å². The van der Waals surface area contributed by atoms with Crippen LogP contribution in [0, 0.1) is 17.8 Å². The molecule has 0 aliphatic heterocycles. The first-order valence-corrected chi connectivity index (χ1v) is 9.42. The van der Waals surface area contributed by atoms with Gasteiger partial charge in [0.05, 0.1) is 0 Å². The number of rotatable bonds is 10. The number of Topliss-reactive ketones (excluding diaryl/α,β-unsaturated/α-hetero) is 1. The summed E-state index contributed by atoms with van der Waals surface area (Å²) >= 11 is 0. The summed E-state index contributed by atoms with van der Waals surface area (Å²) in [6.45, 7) is 7.34. The van der Waals surface area contributed by atoms with Crippen molar-refractivity contribution in [1.29, 1.82) is 0 Å². The van der Waals surface area contributed by atoms with Gasteiger partial charge in [0.15, 0.2) is 0 Å². The van der Waals surface area contributed by atoms with Gasteiger partial charge in [0.25, 0.3) is 0 Å². The normalized spacial score (nSPS) is 20.7. The molecule has 0 spiro atoms. The van der Waals surface area contributed by atoms with E-state index < -0.39 is 0 Å². The fourth-order valence-corrected chi connectivity index (χ4v) is 3.12. The van der Waals surface area contributed by atoms with E-state index in [0.717, 1.165) is 32.1 Å². The van der Waals surface area contributed by atoms with Crippen LogP contribution in [0.5, 0.6) is 0 Å². The Morgan fingerprint density at radius 1 is 0.958 bits per heavy atom. The zero-order valence-electron chi connectivity index (χ0n) is 15.5. The minimum Gasteiger partial charge on any atom is -0.356 e. The van der Waals surface area contributed by atoms with Gasteiger partial charge in [0.2, 0.25) is 11.8 Å². The molecule has 5 nitrogen and oxygen atoms in total. The molecule has 0 bridgehead atoms. The highest BCUT2D eigenvalue weighted by atomic mass is 16.2. The van der Waals surface area contributed by atoms with E-state index >= 15 is 0 Å². The Morgan fingerprint density at radius 2 is 1.54 bits per heavy atom. The highest BCUT2D eigenvalue weighted by Crippen LogP contribution is 2.28. The van der Waals surface area contributed by atoms with Crippen LogP contribution in [-0.2, 0) is 14.4 Å². The van der Waals surface area contributed by atoms with Crippen molar-refractivity contribution in [2.24, 2.45) is 17.8 Å². The van der Waals surface area contributed by atoms with Gasteiger partial charge in [-0.2, -0.15) is 0 Å². The summed E-state index contributed by atoms with van der Waals surface area (Å²) in [6.07, 6.45) is 6.33. The predicted molar refractivity (Wildman–Crippen MR) is 95.5 cm³/mol. The summed E-state index contributed by atoms with van der Waals surface area (Å²) in [5.74, 6) is 1.66. The summed E-state index contributed by atoms with van der Waals surface area (Å²) in [6, 6.07) is 0. The van der Waals surface area contributed by atoms with Crippen molar-refractivity contribution in [2.45, 2.75) is 72.1 Å². The Balaban J connectivity index is 2.04. The third-order valence-corrected chi connectivity index (χ3v) is 4.86. The average Bonchev–Trinajstić information content (AvgIpc) is 2.53. The number of hydrogen-bond acceptors (Lipinski definition) is 3. The van der Waals surface area contributed by atoms with Gasteiger partial charge in [-0.3, -0.25) is 14.4 Å². The summed E-state index contributed by atoms with van der Waals surface area (Å²) in [7, 11) is 0. The Morgan fingerprint density at radius 3 is 2.08 bits per heavy atom. The van der Waals surface area contributed by atoms with E-state index in [-0.39, 0.29) is 17.7 Å². The SMILES string of the molecule is CC(=O)C1CCC(CNC(=O)CCCC(=O)NCCC(C)C)CC1. The van der Waals surface area contributed by atoms with Crippen molar-refractivity contribution >= 4 is 17.6 Å². The number of nitrogens with one attached hydrogen (secondary N) is 2. The van der Waals surface area contributed by atoms with Gasteiger partial charge in [-0.1, -0.05) is 13.8 Å². The van der Waals surface area contributed by atoms with E-state index in [1.807, 2.05) is 0 Å². The second-order valence-corrected chi connectivity index (χ2v) is 7.52. The lowest BCUT2D eigenvalue weighted by Crippen LogP contribution is -2.32. The molecule has 5 heteroatoms. The quantitative estimate of drug-likeness (QED) is 0.643. The van der Waals surface area contributed by atoms with Gasteiger partial charge >= 0.3 is 0 Å². The van der Waals surface area contributed by atoms with Crippen LogP contribution in [0.4, 0.5) is 0 Å². The van der Waals surface area contributed by atoms with Gasteiger partial charge in [-0.25, -0.2) is 0 Å². The van der Waals surface area contributed by atoms with Gasteiger partial charge in [0, 0.05) is 31.8 Å². The van der Waals surface area contributed by atoms with Gasteiger partial charge in [0.1, 0.15) is 5.78 Å². The van der Waals surface area contributed by atoms with Crippen LogP contribution < -0.4 is 10.6 Å². The summed E-state index contributed by atoms with van der Waals surface area (Å²) < 4.78 is 0. The lowest BCUT2D eigenvalue weighted by atomic mass is 9.80. The maximum Gasteiger partial charge on any atom is 0.220 e. The molecule has 0 atom stereocenters. The lowest BCUT2D eigenvalue weighted by molar-refractivity contribution is -0.124. The molecule has 1 fully saturated rings. The van der Waals surface area contributed by atoms with Gasteiger partial charge < -0.3 is 10.6 Å². The summed E-state index contributed by atoms with van der Waals surface area (Å²) in [4.78, 5) is 34.8. The molecule has 1 rings (SSSR count). The number of amides is 2. The van der Waals surface area contributed by atoms with E-state index in [0.29, 0.717) is 50.0 Å². The van der Waals surface area contributed by atoms with Crippen molar-refractivity contribution in [3.05, 3.63) is 0 Å². The topological polar surface area (TPSA) is 75.3 Å². The van der Waals surface area contributed by atoms with Crippen LogP contribution in [0.15, 0.2) is 0 Å². The molecule has 1 saturated carbocycles. The molecular formula is C19H34N2O3. The molecule has 1 aliphatic carbocycles. The molecular weight excluding hydrogens is 304 g/mol. The van der Waals surface area contributed by atoms with Crippen LogP contribution in [0.3, 0.4) is 0 Å². The first kappa shape index (κ1) is 20.7. The van der Waals surface area contributed by atoms with Crippen molar-refractivity contribution < 1.29 is 14.4 Å². The molecule has 0 heterocycles. The van der Waals surface area contributed by atoms with Gasteiger partial charge in [-0.15, -0.1) is 0 Å². The second-order valence-electron chi connectivity index (χ2n) is 7.52. The molecule has 1 aliphatic rings. The third-order valence-electron chi connectivity index (χ3n) is 4.86. The Kier molecular flexibility index (Phi) is 9.65. The van der Waals surface area contributed by atoms with E-state index in [1.165, 1.54) is 0 Å². The van der Waals surface area contributed by atoms with Crippen LogP contribution in [-0.4, -0.2) is 30.7 Å². The predicted octanol–water partition coefficient (Wildman–Crippen LogP) is 2.83. The summed E-state index contributed by atoms with van der Waals surface area (Å²) in [5, 5.41) is 5.86. The second kappa shape index (κ2) is 11.2. The smallest absolute Gasteiger partial charge is 0.220 e. The molecule has 24 heavy (non-hydrogen) atoms. The van der Waals surface area contributed by atoms with Crippen molar-refractivity contribution in [2.75, 3.05) is 13.1 Å². The van der Waals surface area contributed by atoms with Crippen LogP contribution in [0.25, 0.3) is 0 Å². The molecule has 2 amide bonds. The molecule has 2 N–H and O–H groups in total. The standard InChI is InChI=1S/C19H34N2O3/c1-14(2)11-12-20-18(23)5-4-6-19(24)21-13-16-7-9-17(10-8-16)15(3)22/h14,16-17H,4-13H2,1-3H3,(H,20,23)(H,21,24). The summed E-state index contributed by atoms with van der Waals surface area (Å²) in [5.41, 5.74) is 0. The number of ketones is 1. The van der Waals surface area contributed by atoms with E-state index in [9.17, 15) is 14.4 Å². The molecule has 0 saturated heterocycles. The van der Waals surface area contributed by atoms with Crippen molar-refractivity contribution in [1.82, 2.24) is 10.6 Å².